The molecule has 25 heavy (non-hydrogen) atoms. The quantitative estimate of drug-likeness (QED) is 0.922. The van der Waals surface area contributed by atoms with Gasteiger partial charge in [-0.05, 0) is 55.2 Å². The molecule has 0 aromatic heterocycles. The van der Waals surface area contributed by atoms with E-state index < -0.39 is 0 Å². The molecule has 0 aliphatic carbocycles. The molecule has 4 nitrogen and oxygen atoms in total. The first-order valence-corrected chi connectivity index (χ1v) is 8.75. The molecule has 0 bridgehead atoms. The maximum Gasteiger partial charge on any atom is 0.229 e. The first-order chi connectivity index (χ1) is 12.0. The number of carbonyl (C=O) groups is 2. The third kappa shape index (κ3) is 3.73. The largest absolute Gasteiger partial charge is 0.326 e. The molecular weight excluding hydrogens is 312 g/mol. The summed E-state index contributed by atoms with van der Waals surface area (Å²) >= 11 is 0. The standard InChI is InChI=1S/C21H24N2O2/c1-4-16-7-5-6-8-19(16)23-13-17(12-20(23)24)21(25)22-18-10-14(2)9-15(3)11-18/h5-11,17H,4,12-13H2,1-3H3,(H,22,25)/t17-/m1/s1. The number of rotatable bonds is 4. The van der Waals surface area contributed by atoms with E-state index in [1.165, 1.54) is 0 Å². The van der Waals surface area contributed by atoms with Crippen LogP contribution in [0.1, 0.15) is 30.0 Å². The lowest BCUT2D eigenvalue weighted by Crippen LogP contribution is -2.28. The van der Waals surface area contributed by atoms with Gasteiger partial charge in [-0.3, -0.25) is 9.59 Å². The Morgan fingerprint density at radius 1 is 1.16 bits per heavy atom. The Kier molecular flexibility index (Phi) is 4.88. The number of aryl methyl sites for hydroxylation is 3. The minimum atomic E-state index is -0.321. The van der Waals surface area contributed by atoms with Gasteiger partial charge in [0.15, 0.2) is 0 Å². The molecule has 1 aliphatic heterocycles. The number of nitrogens with zero attached hydrogens (tertiary/aromatic N) is 1. The van der Waals surface area contributed by atoms with Gasteiger partial charge in [0.05, 0.1) is 5.92 Å². The van der Waals surface area contributed by atoms with E-state index in [9.17, 15) is 9.59 Å². The van der Waals surface area contributed by atoms with Crippen molar-refractivity contribution in [1.29, 1.82) is 0 Å². The van der Waals surface area contributed by atoms with Gasteiger partial charge < -0.3 is 10.2 Å². The van der Waals surface area contributed by atoms with Gasteiger partial charge in [-0.2, -0.15) is 0 Å². The van der Waals surface area contributed by atoms with Crippen molar-refractivity contribution in [3.05, 3.63) is 59.2 Å². The molecule has 1 N–H and O–H groups in total. The number of anilines is 2. The fourth-order valence-corrected chi connectivity index (χ4v) is 3.48. The van der Waals surface area contributed by atoms with E-state index in [0.717, 1.165) is 34.5 Å². The van der Waals surface area contributed by atoms with E-state index in [4.69, 9.17) is 0 Å². The van der Waals surface area contributed by atoms with Crippen LogP contribution in [0, 0.1) is 19.8 Å². The molecule has 1 atom stereocenters. The van der Waals surface area contributed by atoms with E-state index in [1.54, 1.807) is 4.90 Å². The van der Waals surface area contributed by atoms with Gasteiger partial charge in [0.1, 0.15) is 0 Å². The number of hydrogen-bond acceptors (Lipinski definition) is 2. The van der Waals surface area contributed by atoms with Crippen LogP contribution in [0.5, 0.6) is 0 Å². The molecule has 1 aliphatic rings. The molecule has 0 radical (unpaired) electrons. The molecule has 4 heteroatoms. The van der Waals surface area contributed by atoms with Crippen LogP contribution in [0.4, 0.5) is 11.4 Å². The molecule has 0 unspecified atom stereocenters. The number of amides is 2. The summed E-state index contributed by atoms with van der Waals surface area (Å²) in [6.07, 6.45) is 1.12. The average molecular weight is 336 g/mol. The Hall–Kier alpha value is -2.62. The summed E-state index contributed by atoms with van der Waals surface area (Å²) in [6.45, 7) is 6.52. The minimum absolute atomic E-state index is 0.0153. The van der Waals surface area contributed by atoms with Gasteiger partial charge in [0.25, 0.3) is 0 Å². The zero-order chi connectivity index (χ0) is 18.0. The van der Waals surface area contributed by atoms with Crippen LogP contribution in [0.3, 0.4) is 0 Å². The SMILES string of the molecule is CCc1ccccc1N1C[C@H](C(=O)Nc2cc(C)cc(C)c2)CC1=O. The first kappa shape index (κ1) is 17.2. The number of benzene rings is 2. The summed E-state index contributed by atoms with van der Waals surface area (Å²) in [7, 11) is 0. The van der Waals surface area contributed by atoms with Crippen molar-refractivity contribution in [3.8, 4) is 0 Å². The van der Waals surface area contributed by atoms with E-state index in [2.05, 4.69) is 18.3 Å². The normalized spacial score (nSPS) is 17.0. The number of nitrogens with one attached hydrogen (secondary N) is 1. The van der Waals surface area contributed by atoms with Crippen molar-refractivity contribution in [2.24, 2.45) is 5.92 Å². The van der Waals surface area contributed by atoms with E-state index in [1.807, 2.05) is 50.2 Å². The van der Waals surface area contributed by atoms with Crippen LogP contribution in [0.15, 0.2) is 42.5 Å². The second-order valence-electron chi connectivity index (χ2n) is 6.75. The van der Waals surface area contributed by atoms with E-state index in [-0.39, 0.29) is 24.2 Å². The Balaban J connectivity index is 1.74. The van der Waals surface area contributed by atoms with Crippen molar-refractivity contribution in [3.63, 3.8) is 0 Å². The number of carbonyl (C=O) groups excluding carboxylic acids is 2. The lowest BCUT2D eigenvalue weighted by atomic mass is 10.1. The van der Waals surface area contributed by atoms with Crippen LogP contribution in [-0.4, -0.2) is 18.4 Å². The second kappa shape index (κ2) is 7.09. The van der Waals surface area contributed by atoms with Gasteiger partial charge in [-0.15, -0.1) is 0 Å². The zero-order valence-corrected chi connectivity index (χ0v) is 15.0. The zero-order valence-electron chi connectivity index (χ0n) is 15.0. The van der Waals surface area contributed by atoms with Crippen molar-refractivity contribution in [2.45, 2.75) is 33.6 Å². The van der Waals surface area contributed by atoms with Gasteiger partial charge in [-0.1, -0.05) is 31.2 Å². The van der Waals surface area contributed by atoms with Gasteiger partial charge in [-0.25, -0.2) is 0 Å². The molecule has 2 aromatic carbocycles. The number of para-hydroxylation sites is 1. The topological polar surface area (TPSA) is 49.4 Å². The highest BCUT2D eigenvalue weighted by atomic mass is 16.2. The predicted molar refractivity (Wildman–Crippen MR) is 101 cm³/mol. The lowest BCUT2D eigenvalue weighted by Gasteiger charge is -2.20. The highest BCUT2D eigenvalue weighted by Crippen LogP contribution is 2.29. The Morgan fingerprint density at radius 3 is 2.52 bits per heavy atom. The lowest BCUT2D eigenvalue weighted by molar-refractivity contribution is -0.122. The summed E-state index contributed by atoms with van der Waals surface area (Å²) in [4.78, 5) is 26.8. The van der Waals surface area contributed by atoms with Crippen molar-refractivity contribution in [1.82, 2.24) is 0 Å². The fraction of sp³-hybridized carbons (Fsp3) is 0.333. The van der Waals surface area contributed by atoms with Crippen molar-refractivity contribution >= 4 is 23.2 Å². The third-order valence-electron chi connectivity index (χ3n) is 4.65. The molecule has 130 valence electrons. The molecular formula is C21H24N2O2. The maximum atomic E-state index is 12.6. The molecule has 0 saturated carbocycles. The molecule has 1 heterocycles. The van der Waals surface area contributed by atoms with Crippen molar-refractivity contribution < 1.29 is 9.59 Å². The Labute approximate surface area is 148 Å². The maximum absolute atomic E-state index is 12.6. The summed E-state index contributed by atoms with van der Waals surface area (Å²) in [5.41, 5.74) is 5.07. The van der Waals surface area contributed by atoms with Crippen LogP contribution >= 0.6 is 0 Å². The average Bonchev–Trinajstić information content (AvgIpc) is 2.95. The van der Waals surface area contributed by atoms with Gasteiger partial charge >= 0.3 is 0 Å². The summed E-state index contributed by atoms with van der Waals surface area (Å²) in [5, 5.41) is 2.97. The van der Waals surface area contributed by atoms with Crippen LogP contribution in [0.2, 0.25) is 0 Å². The third-order valence-corrected chi connectivity index (χ3v) is 4.65. The molecule has 1 saturated heterocycles. The smallest absolute Gasteiger partial charge is 0.229 e. The first-order valence-electron chi connectivity index (χ1n) is 8.75. The molecule has 0 spiro atoms. The van der Waals surface area contributed by atoms with Gasteiger partial charge in [0, 0.05) is 24.3 Å². The molecule has 2 amide bonds. The Bertz CT molecular complexity index is 793. The highest BCUT2D eigenvalue weighted by molar-refractivity contribution is 6.03. The van der Waals surface area contributed by atoms with Crippen LogP contribution < -0.4 is 10.2 Å². The monoisotopic (exact) mass is 336 g/mol. The molecule has 1 fully saturated rings. The molecule has 2 aromatic rings. The van der Waals surface area contributed by atoms with Gasteiger partial charge in [0.2, 0.25) is 11.8 Å². The minimum Gasteiger partial charge on any atom is -0.326 e. The molecule has 3 rings (SSSR count). The Morgan fingerprint density at radius 2 is 1.84 bits per heavy atom. The second-order valence-corrected chi connectivity index (χ2v) is 6.75. The van der Waals surface area contributed by atoms with E-state index >= 15 is 0 Å². The summed E-state index contributed by atoms with van der Waals surface area (Å²) in [6, 6.07) is 13.9. The fourth-order valence-electron chi connectivity index (χ4n) is 3.48. The van der Waals surface area contributed by atoms with Crippen LogP contribution in [-0.2, 0) is 16.0 Å². The highest BCUT2D eigenvalue weighted by Gasteiger charge is 2.35. The predicted octanol–water partition coefficient (Wildman–Crippen LogP) is 3.86. The van der Waals surface area contributed by atoms with E-state index in [0.29, 0.717) is 6.54 Å². The van der Waals surface area contributed by atoms with Crippen molar-refractivity contribution in [2.75, 3.05) is 16.8 Å². The number of hydrogen-bond donors (Lipinski definition) is 1. The summed E-state index contributed by atoms with van der Waals surface area (Å²) < 4.78 is 0. The summed E-state index contributed by atoms with van der Waals surface area (Å²) in [5.74, 6) is -0.394. The van der Waals surface area contributed by atoms with Crippen LogP contribution in [0.25, 0.3) is 0 Å².